The summed E-state index contributed by atoms with van der Waals surface area (Å²) in [6, 6.07) is 0.428. The molecule has 3 heteroatoms. The Balaban J connectivity index is 1.92. The van der Waals surface area contributed by atoms with Gasteiger partial charge in [-0.15, -0.1) is 0 Å². The van der Waals surface area contributed by atoms with E-state index in [0.717, 1.165) is 32.6 Å². The van der Waals surface area contributed by atoms with Gasteiger partial charge in [0.25, 0.3) is 0 Å². The molecule has 0 aliphatic heterocycles. The maximum atomic E-state index is 9.07. The number of hydrogen-bond acceptors (Lipinski definition) is 3. The van der Waals surface area contributed by atoms with E-state index >= 15 is 0 Å². The van der Waals surface area contributed by atoms with Crippen molar-refractivity contribution in [2.45, 2.75) is 38.8 Å². The van der Waals surface area contributed by atoms with Crippen LogP contribution in [0.2, 0.25) is 0 Å². The predicted octanol–water partition coefficient (Wildman–Crippen LogP) is 0.772. The zero-order valence-electron chi connectivity index (χ0n) is 8.62. The van der Waals surface area contributed by atoms with Crippen molar-refractivity contribution in [2.24, 2.45) is 5.92 Å². The van der Waals surface area contributed by atoms with Gasteiger partial charge in [-0.2, -0.15) is 0 Å². The molecule has 0 aromatic rings. The lowest BCUT2D eigenvalue weighted by Crippen LogP contribution is -2.40. The lowest BCUT2D eigenvalue weighted by Gasteiger charge is -2.32. The van der Waals surface area contributed by atoms with Crippen LogP contribution in [0.4, 0.5) is 0 Å². The molecule has 78 valence electrons. The van der Waals surface area contributed by atoms with E-state index in [1.807, 2.05) is 6.92 Å². The summed E-state index contributed by atoms with van der Waals surface area (Å²) in [5.74, 6) is 0.680. The van der Waals surface area contributed by atoms with Crippen molar-refractivity contribution < 1.29 is 9.84 Å². The summed E-state index contributed by atoms with van der Waals surface area (Å²) in [6.45, 7) is 6.73. The molecule has 0 aromatic carbocycles. The Morgan fingerprint density at radius 1 is 1.54 bits per heavy atom. The lowest BCUT2D eigenvalue weighted by molar-refractivity contribution is 0.0396. The molecular formula is C10H21NO2. The van der Waals surface area contributed by atoms with Crippen LogP contribution in [0.5, 0.6) is 0 Å². The lowest BCUT2D eigenvalue weighted by atomic mass is 9.82. The van der Waals surface area contributed by atoms with Crippen LogP contribution in [0.25, 0.3) is 0 Å². The minimum Gasteiger partial charge on any atom is -0.393 e. The van der Waals surface area contributed by atoms with Crippen LogP contribution in [0.1, 0.15) is 26.7 Å². The topological polar surface area (TPSA) is 41.5 Å². The Hall–Kier alpha value is -0.120. The first-order valence-electron chi connectivity index (χ1n) is 5.21. The fraction of sp³-hybridized carbons (Fsp3) is 1.00. The first-order chi connectivity index (χ1) is 6.22. The van der Waals surface area contributed by atoms with Gasteiger partial charge in [-0.25, -0.2) is 0 Å². The molecule has 13 heavy (non-hydrogen) atoms. The molecule has 1 atom stereocenters. The summed E-state index contributed by atoms with van der Waals surface area (Å²) >= 11 is 0. The van der Waals surface area contributed by atoms with Crippen molar-refractivity contribution in [3.05, 3.63) is 0 Å². The van der Waals surface area contributed by atoms with Gasteiger partial charge in [-0.3, -0.25) is 0 Å². The number of aliphatic hydroxyl groups excluding tert-OH is 1. The molecule has 1 fully saturated rings. The van der Waals surface area contributed by atoms with Gasteiger partial charge in [-0.05, 0) is 39.2 Å². The third-order valence-corrected chi connectivity index (χ3v) is 2.54. The largest absolute Gasteiger partial charge is 0.393 e. The highest BCUT2D eigenvalue weighted by molar-refractivity contribution is 4.80. The van der Waals surface area contributed by atoms with E-state index in [2.05, 4.69) is 12.2 Å². The molecule has 0 saturated heterocycles. The Kier molecular flexibility index (Phi) is 4.70. The first kappa shape index (κ1) is 11.0. The van der Waals surface area contributed by atoms with Crippen LogP contribution >= 0.6 is 0 Å². The van der Waals surface area contributed by atoms with E-state index in [-0.39, 0.29) is 6.10 Å². The van der Waals surface area contributed by atoms with Crippen LogP contribution in [-0.4, -0.2) is 37.0 Å². The second kappa shape index (κ2) is 5.58. The molecular weight excluding hydrogens is 166 g/mol. The Morgan fingerprint density at radius 2 is 2.23 bits per heavy atom. The van der Waals surface area contributed by atoms with Gasteiger partial charge in [0.2, 0.25) is 0 Å². The molecule has 0 heterocycles. The fourth-order valence-corrected chi connectivity index (χ4v) is 1.59. The molecule has 1 aliphatic rings. The average Bonchev–Trinajstić information content (AvgIpc) is 2.07. The Bertz CT molecular complexity index is 135. The molecule has 0 spiro atoms. The monoisotopic (exact) mass is 187 g/mol. The van der Waals surface area contributed by atoms with E-state index in [1.54, 1.807) is 0 Å². The van der Waals surface area contributed by atoms with E-state index < -0.39 is 0 Å². The standard InChI is InChI=1S/C10H21NO2/c1-3-13-7-8(2)11-6-9-4-10(12)5-9/h8-12H,3-7H2,1-2H3. The summed E-state index contributed by atoms with van der Waals surface area (Å²) in [5.41, 5.74) is 0. The van der Waals surface area contributed by atoms with Gasteiger partial charge < -0.3 is 15.2 Å². The smallest absolute Gasteiger partial charge is 0.0616 e. The summed E-state index contributed by atoms with van der Waals surface area (Å²) in [4.78, 5) is 0. The molecule has 0 amide bonds. The van der Waals surface area contributed by atoms with E-state index in [1.165, 1.54) is 0 Å². The Morgan fingerprint density at radius 3 is 2.77 bits per heavy atom. The zero-order valence-corrected chi connectivity index (χ0v) is 8.62. The van der Waals surface area contributed by atoms with Crippen molar-refractivity contribution in [1.82, 2.24) is 5.32 Å². The number of aliphatic hydroxyl groups is 1. The van der Waals surface area contributed by atoms with Crippen molar-refractivity contribution in [2.75, 3.05) is 19.8 Å². The molecule has 0 bridgehead atoms. The maximum absolute atomic E-state index is 9.07. The summed E-state index contributed by atoms with van der Waals surface area (Å²) in [7, 11) is 0. The molecule has 0 radical (unpaired) electrons. The minimum atomic E-state index is -0.0333. The number of hydrogen-bond donors (Lipinski definition) is 2. The number of rotatable bonds is 6. The summed E-state index contributed by atoms with van der Waals surface area (Å²) < 4.78 is 5.29. The van der Waals surface area contributed by atoms with Crippen molar-refractivity contribution in [3.63, 3.8) is 0 Å². The molecule has 1 aliphatic carbocycles. The second-order valence-electron chi connectivity index (χ2n) is 3.96. The van der Waals surface area contributed by atoms with Crippen LogP contribution in [0, 0.1) is 5.92 Å². The van der Waals surface area contributed by atoms with E-state index in [9.17, 15) is 0 Å². The fourth-order valence-electron chi connectivity index (χ4n) is 1.59. The third kappa shape index (κ3) is 4.07. The quantitative estimate of drug-likeness (QED) is 0.645. The van der Waals surface area contributed by atoms with E-state index in [0.29, 0.717) is 12.0 Å². The highest BCUT2D eigenvalue weighted by atomic mass is 16.5. The predicted molar refractivity (Wildman–Crippen MR) is 52.7 cm³/mol. The first-order valence-corrected chi connectivity index (χ1v) is 5.21. The molecule has 1 saturated carbocycles. The zero-order chi connectivity index (χ0) is 9.68. The highest BCUT2D eigenvalue weighted by Gasteiger charge is 2.26. The second-order valence-corrected chi connectivity index (χ2v) is 3.96. The summed E-state index contributed by atoms with van der Waals surface area (Å²) in [5, 5.41) is 12.5. The molecule has 1 rings (SSSR count). The number of nitrogens with one attached hydrogen (secondary N) is 1. The molecule has 1 unspecified atom stereocenters. The average molecular weight is 187 g/mol. The van der Waals surface area contributed by atoms with Crippen LogP contribution in [-0.2, 0) is 4.74 Å². The van der Waals surface area contributed by atoms with Crippen LogP contribution in [0.3, 0.4) is 0 Å². The number of ether oxygens (including phenoxy) is 1. The van der Waals surface area contributed by atoms with Gasteiger partial charge in [0.05, 0.1) is 12.7 Å². The van der Waals surface area contributed by atoms with Crippen molar-refractivity contribution in [3.8, 4) is 0 Å². The normalized spacial score (nSPS) is 29.8. The van der Waals surface area contributed by atoms with Crippen LogP contribution < -0.4 is 5.32 Å². The molecule has 0 aromatic heterocycles. The third-order valence-electron chi connectivity index (χ3n) is 2.54. The SMILES string of the molecule is CCOCC(C)NCC1CC(O)C1. The van der Waals surface area contributed by atoms with Gasteiger partial charge in [0, 0.05) is 12.6 Å². The van der Waals surface area contributed by atoms with Gasteiger partial charge in [-0.1, -0.05) is 0 Å². The summed E-state index contributed by atoms with van der Waals surface area (Å²) in [6.07, 6.45) is 1.90. The van der Waals surface area contributed by atoms with Crippen molar-refractivity contribution in [1.29, 1.82) is 0 Å². The molecule has 2 N–H and O–H groups in total. The van der Waals surface area contributed by atoms with Gasteiger partial charge >= 0.3 is 0 Å². The maximum Gasteiger partial charge on any atom is 0.0616 e. The van der Waals surface area contributed by atoms with Crippen LogP contribution in [0.15, 0.2) is 0 Å². The molecule has 3 nitrogen and oxygen atoms in total. The highest BCUT2D eigenvalue weighted by Crippen LogP contribution is 2.26. The van der Waals surface area contributed by atoms with Crippen molar-refractivity contribution >= 4 is 0 Å². The van der Waals surface area contributed by atoms with E-state index in [4.69, 9.17) is 9.84 Å². The van der Waals surface area contributed by atoms with Gasteiger partial charge in [0.15, 0.2) is 0 Å². The van der Waals surface area contributed by atoms with Gasteiger partial charge in [0.1, 0.15) is 0 Å². The minimum absolute atomic E-state index is 0.0333. The Labute approximate surface area is 80.5 Å².